The molecule has 4 nitrogen and oxygen atoms in total. The summed E-state index contributed by atoms with van der Waals surface area (Å²) in [5.74, 6) is -0.104. The zero-order chi connectivity index (χ0) is 17.4. The number of halogens is 1. The molecule has 0 N–H and O–H groups in total. The number of nitrogens with zero attached hydrogens (tertiary/aromatic N) is 3. The molecular formula is C20H18FN3O. The van der Waals surface area contributed by atoms with Gasteiger partial charge in [-0.25, -0.2) is 9.07 Å². The van der Waals surface area contributed by atoms with Crippen LogP contribution < -0.4 is 4.90 Å². The molecule has 1 aromatic heterocycles. The van der Waals surface area contributed by atoms with Crippen LogP contribution in [0, 0.1) is 5.82 Å². The van der Waals surface area contributed by atoms with Crippen LogP contribution in [0.3, 0.4) is 0 Å². The van der Waals surface area contributed by atoms with E-state index in [0.717, 1.165) is 12.1 Å². The number of aromatic nitrogens is 2. The van der Waals surface area contributed by atoms with Crippen LogP contribution in [-0.2, 0) is 0 Å². The Bertz CT molecular complexity index is 934. The third-order valence-electron chi connectivity index (χ3n) is 4.70. The van der Waals surface area contributed by atoms with Crippen LogP contribution in [0.1, 0.15) is 35.3 Å². The minimum absolute atomic E-state index is 0.158. The van der Waals surface area contributed by atoms with E-state index in [4.69, 9.17) is 0 Å². The van der Waals surface area contributed by atoms with Gasteiger partial charge in [0.1, 0.15) is 11.5 Å². The summed E-state index contributed by atoms with van der Waals surface area (Å²) in [6, 6.07) is 16.0. The Morgan fingerprint density at radius 2 is 1.80 bits per heavy atom. The van der Waals surface area contributed by atoms with Crippen LogP contribution in [0.25, 0.3) is 5.69 Å². The van der Waals surface area contributed by atoms with Gasteiger partial charge in [-0.15, -0.1) is 0 Å². The number of amides is 1. The van der Waals surface area contributed by atoms with Gasteiger partial charge >= 0.3 is 0 Å². The van der Waals surface area contributed by atoms with E-state index in [1.54, 1.807) is 35.4 Å². The molecule has 2 aromatic carbocycles. The van der Waals surface area contributed by atoms with Crippen molar-refractivity contribution in [3.8, 4) is 5.69 Å². The number of hydrogen-bond donors (Lipinski definition) is 0. The highest BCUT2D eigenvalue weighted by molar-refractivity contribution is 6.05. The molecule has 25 heavy (non-hydrogen) atoms. The zero-order valence-electron chi connectivity index (χ0n) is 13.9. The molecule has 126 valence electrons. The lowest BCUT2D eigenvalue weighted by Gasteiger charge is -2.32. The topological polar surface area (TPSA) is 38.1 Å². The van der Waals surface area contributed by atoms with E-state index in [1.165, 1.54) is 16.3 Å². The Hall–Kier alpha value is -2.95. The number of carbonyl (C=O) groups is 1. The SMILES string of the molecule is CC1CCN(C(=O)c2ccn(-c3ccccc3F)n2)c2ccccc21. The molecule has 1 atom stereocenters. The Morgan fingerprint density at radius 3 is 2.60 bits per heavy atom. The molecule has 0 radical (unpaired) electrons. The molecule has 1 amide bonds. The van der Waals surface area contributed by atoms with E-state index in [0.29, 0.717) is 23.8 Å². The monoisotopic (exact) mass is 335 g/mol. The van der Waals surface area contributed by atoms with E-state index in [2.05, 4.69) is 18.1 Å². The van der Waals surface area contributed by atoms with Crippen molar-refractivity contribution in [1.82, 2.24) is 9.78 Å². The number of carbonyl (C=O) groups excluding carboxylic acids is 1. The fourth-order valence-electron chi connectivity index (χ4n) is 3.31. The van der Waals surface area contributed by atoms with Gasteiger partial charge in [0.15, 0.2) is 5.69 Å². The highest BCUT2D eigenvalue weighted by Crippen LogP contribution is 2.35. The first-order valence-corrected chi connectivity index (χ1v) is 8.36. The average molecular weight is 335 g/mol. The number of fused-ring (bicyclic) bond motifs is 1. The Morgan fingerprint density at radius 1 is 1.08 bits per heavy atom. The number of hydrogen-bond acceptors (Lipinski definition) is 2. The third kappa shape index (κ3) is 2.71. The molecule has 0 spiro atoms. The van der Waals surface area contributed by atoms with E-state index >= 15 is 0 Å². The van der Waals surface area contributed by atoms with Gasteiger partial charge in [0.25, 0.3) is 5.91 Å². The molecule has 0 aliphatic carbocycles. The molecule has 0 fully saturated rings. The molecular weight excluding hydrogens is 317 g/mol. The molecule has 0 bridgehead atoms. The summed E-state index contributed by atoms with van der Waals surface area (Å²) in [4.78, 5) is 14.7. The molecule has 4 rings (SSSR count). The van der Waals surface area contributed by atoms with Gasteiger partial charge in [0.05, 0.1) is 0 Å². The van der Waals surface area contributed by atoms with Gasteiger partial charge in [0.2, 0.25) is 0 Å². The number of anilines is 1. The van der Waals surface area contributed by atoms with Crippen molar-refractivity contribution in [2.75, 3.05) is 11.4 Å². The third-order valence-corrected chi connectivity index (χ3v) is 4.70. The summed E-state index contributed by atoms with van der Waals surface area (Å²) >= 11 is 0. The normalized spacial score (nSPS) is 16.6. The molecule has 5 heteroatoms. The van der Waals surface area contributed by atoms with Crippen molar-refractivity contribution in [1.29, 1.82) is 0 Å². The average Bonchev–Trinajstić information content (AvgIpc) is 3.12. The van der Waals surface area contributed by atoms with Crippen molar-refractivity contribution in [3.05, 3.63) is 77.9 Å². The van der Waals surface area contributed by atoms with Crippen LogP contribution in [0.2, 0.25) is 0 Å². The Balaban J connectivity index is 1.67. The standard InChI is InChI=1S/C20H18FN3O/c1-14-10-12-23(18-8-4-2-6-15(14)18)20(25)17-11-13-24(22-17)19-9-5-3-7-16(19)21/h2-9,11,13-14H,10,12H2,1H3. The summed E-state index contributed by atoms with van der Waals surface area (Å²) in [5, 5.41) is 4.29. The second-order valence-electron chi connectivity index (χ2n) is 6.30. The molecule has 2 heterocycles. The Labute approximate surface area is 145 Å². The fraction of sp³-hybridized carbons (Fsp3) is 0.200. The van der Waals surface area contributed by atoms with Crippen molar-refractivity contribution in [3.63, 3.8) is 0 Å². The lowest BCUT2D eigenvalue weighted by molar-refractivity contribution is 0.0979. The predicted molar refractivity (Wildman–Crippen MR) is 94.7 cm³/mol. The Kier molecular flexibility index (Phi) is 3.84. The van der Waals surface area contributed by atoms with Crippen molar-refractivity contribution in [2.24, 2.45) is 0 Å². The summed E-state index contributed by atoms with van der Waals surface area (Å²) < 4.78 is 15.3. The van der Waals surface area contributed by atoms with Crippen LogP contribution in [0.15, 0.2) is 60.8 Å². The van der Waals surface area contributed by atoms with Gasteiger partial charge in [0, 0.05) is 18.4 Å². The van der Waals surface area contributed by atoms with Gasteiger partial charge in [-0.3, -0.25) is 4.79 Å². The zero-order valence-corrected chi connectivity index (χ0v) is 13.9. The summed E-state index contributed by atoms with van der Waals surface area (Å²) in [6.45, 7) is 2.83. The van der Waals surface area contributed by atoms with Gasteiger partial charge in [-0.05, 0) is 42.2 Å². The smallest absolute Gasteiger partial charge is 0.278 e. The van der Waals surface area contributed by atoms with E-state index in [-0.39, 0.29) is 11.7 Å². The van der Waals surface area contributed by atoms with Gasteiger partial charge in [-0.1, -0.05) is 37.3 Å². The van der Waals surface area contributed by atoms with Crippen LogP contribution in [-0.4, -0.2) is 22.2 Å². The summed E-state index contributed by atoms with van der Waals surface area (Å²) in [6.07, 6.45) is 2.53. The minimum atomic E-state index is -0.373. The second kappa shape index (κ2) is 6.16. The molecule has 1 unspecified atom stereocenters. The molecule has 3 aromatic rings. The number of benzene rings is 2. The van der Waals surface area contributed by atoms with E-state index in [1.807, 2.05) is 18.2 Å². The highest BCUT2D eigenvalue weighted by Gasteiger charge is 2.28. The highest BCUT2D eigenvalue weighted by atomic mass is 19.1. The predicted octanol–water partition coefficient (Wildman–Crippen LogP) is 4.17. The maximum atomic E-state index is 13.9. The van der Waals surface area contributed by atoms with Crippen molar-refractivity contribution in [2.45, 2.75) is 19.3 Å². The van der Waals surface area contributed by atoms with Crippen LogP contribution >= 0.6 is 0 Å². The van der Waals surface area contributed by atoms with Crippen molar-refractivity contribution >= 4 is 11.6 Å². The molecule has 0 saturated heterocycles. The number of para-hydroxylation sites is 2. The van der Waals surface area contributed by atoms with Crippen molar-refractivity contribution < 1.29 is 9.18 Å². The number of rotatable bonds is 2. The quantitative estimate of drug-likeness (QED) is 0.705. The first-order valence-electron chi connectivity index (χ1n) is 8.36. The van der Waals surface area contributed by atoms with E-state index < -0.39 is 0 Å². The van der Waals surface area contributed by atoms with Crippen LogP contribution in [0.5, 0.6) is 0 Å². The first-order chi connectivity index (χ1) is 12.1. The fourth-order valence-corrected chi connectivity index (χ4v) is 3.31. The minimum Gasteiger partial charge on any atom is -0.307 e. The van der Waals surface area contributed by atoms with Gasteiger partial charge < -0.3 is 4.90 Å². The lowest BCUT2D eigenvalue weighted by atomic mass is 9.91. The lowest BCUT2D eigenvalue weighted by Crippen LogP contribution is -2.36. The largest absolute Gasteiger partial charge is 0.307 e. The maximum absolute atomic E-state index is 13.9. The summed E-state index contributed by atoms with van der Waals surface area (Å²) in [7, 11) is 0. The van der Waals surface area contributed by atoms with Gasteiger partial charge in [-0.2, -0.15) is 5.10 Å². The molecule has 1 aliphatic rings. The van der Waals surface area contributed by atoms with Crippen LogP contribution in [0.4, 0.5) is 10.1 Å². The molecule has 0 saturated carbocycles. The van der Waals surface area contributed by atoms with E-state index in [9.17, 15) is 9.18 Å². The molecule has 1 aliphatic heterocycles. The first kappa shape index (κ1) is 15.6. The second-order valence-corrected chi connectivity index (χ2v) is 6.30. The maximum Gasteiger partial charge on any atom is 0.278 e. The summed E-state index contributed by atoms with van der Waals surface area (Å²) in [5.41, 5.74) is 2.75.